The van der Waals surface area contributed by atoms with Gasteiger partial charge in [0.15, 0.2) is 5.17 Å². The second-order valence-electron chi connectivity index (χ2n) is 9.08. The van der Waals surface area contributed by atoms with Gasteiger partial charge >= 0.3 is 0 Å². The summed E-state index contributed by atoms with van der Waals surface area (Å²) >= 11 is 1.17. The summed E-state index contributed by atoms with van der Waals surface area (Å²) in [5.41, 5.74) is 5.68. The van der Waals surface area contributed by atoms with Crippen molar-refractivity contribution in [3.05, 3.63) is 58.9 Å². The Hall–Kier alpha value is -3.36. The molecule has 2 aromatic rings. The van der Waals surface area contributed by atoms with Crippen LogP contribution in [0.15, 0.2) is 35.6 Å². The highest BCUT2D eigenvalue weighted by molar-refractivity contribution is 8.15. The monoisotopic (exact) mass is 512 g/mol. The van der Waals surface area contributed by atoms with Crippen LogP contribution in [0.5, 0.6) is 0 Å². The van der Waals surface area contributed by atoms with Crippen molar-refractivity contribution < 1.29 is 18.3 Å². The molecule has 1 fully saturated rings. The van der Waals surface area contributed by atoms with Gasteiger partial charge in [0.1, 0.15) is 16.6 Å². The Morgan fingerprint density at radius 2 is 2.03 bits per heavy atom. The normalized spacial score (nSPS) is 26.8. The number of thioether (sulfide) groups is 1. The zero-order valence-electron chi connectivity index (χ0n) is 20.2. The molecular formula is C25H26F2N6O2S. The molecule has 1 saturated heterocycles. The van der Waals surface area contributed by atoms with Crippen LogP contribution in [0.2, 0.25) is 0 Å². The second-order valence-corrected chi connectivity index (χ2v) is 10.5. The quantitative estimate of drug-likeness (QED) is 0.623. The molecule has 2 aromatic heterocycles. The summed E-state index contributed by atoms with van der Waals surface area (Å²) in [5, 5.41) is 9.06. The van der Waals surface area contributed by atoms with Crippen molar-refractivity contribution in [3.8, 4) is 6.07 Å². The van der Waals surface area contributed by atoms with Crippen LogP contribution < -0.4 is 5.73 Å². The molecule has 4 rings (SSSR count). The molecule has 3 atom stereocenters. The Morgan fingerprint density at radius 1 is 1.31 bits per heavy atom. The molecule has 0 spiro atoms. The minimum atomic E-state index is -1.24. The highest BCUT2D eigenvalue weighted by Crippen LogP contribution is 2.51. The van der Waals surface area contributed by atoms with Gasteiger partial charge in [-0.05, 0) is 43.7 Å². The van der Waals surface area contributed by atoms with Gasteiger partial charge < -0.3 is 15.4 Å². The van der Waals surface area contributed by atoms with Crippen LogP contribution in [0.3, 0.4) is 0 Å². The van der Waals surface area contributed by atoms with Crippen LogP contribution in [0, 0.1) is 23.2 Å². The third kappa shape index (κ3) is 4.70. The van der Waals surface area contributed by atoms with Crippen molar-refractivity contribution in [1.82, 2.24) is 14.9 Å². The number of ether oxygens (including phenoxy) is 1. The van der Waals surface area contributed by atoms with Gasteiger partial charge in [-0.15, -0.1) is 0 Å². The number of nitrogens with two attached hydrogens (primary N) is 1. The van der Waals surface area contributed by atoms with Crippen LogP contribution in [0.4, 0.5) is 8.78 Å². The molecular weight excluding hydrogens is 486 g/mol. The lowest BCUT2D eigenvalue weighted by Gasteiger charge is -2.48. The van der Waals surface area contributed by atoms with Gasteiger partial charge in [0.2, 0.25) is 11.9 Å². The minimum absolute atomic E-state index is 0.0273. The zero-order valence-corrected chi connectivity index (χ0v) is 21.0. The highest BCUT2D eigenvalue weighted by atomic mass is 32.2. The summed E-state index contributed by atoms with van der Waals surface area (Å²) in [6.07, 6.45) is 3.66. The van der Waals surface area contributed by atoms with Gasteiger partial charge in [-0.1, -0.05) is 18.7 Å². The smallest absolute Gasteiger partial charge is 0.239 e. The second kappa shape index (κ2) is 9.95. The molecule has 0 aromatic carbocycles. The van der Waals surface area contributed by atoms with E-state index in [4.69, 9.17) is 15.7 Å². The molecule has 1 unspecified atom stereocenters. The van der Waals surface area contributed by atoms with E-state index in [0.717, 1.165) is 0 Å². The van der Waals surface area contributed by atoms with Crippen molar-refractivity contribution in [3.63, 3.8) is 0 Å². The van der Waals surface area contributed by atoms with Crippen LogP contribution in [0.1, 0.15) is 43.2 Å². The lowest BCUT2D eigenvalue weighted by molar-refractivity contribution is -0.139. The zero-order chi connectivity index (χ0) is 26.1. The maximum absolute atomic E-state index is 15.2. The molecule has 0 saturated carbocycles. The van der Waals surface area contributed by atoms with Gasteiger partial charge in [0.25, 0.3) is 0 Å². The number of carbonyl (C=O) groups is 1. The van der Waals surface area contributed by atoms with Crippen LogP contribution >= 0.6 is 11.8 Å². The Kier molecular flexibility index (Phi) is 7.11. The van der Waals surface area contributed by atoms with Gasteiger partial charge in [0, 0.05) is 37.0 Å². The Labute approximate surface area is 212 Å². The molecule has 188 valence electrons. The van der Waals surface area contributed by atoms with E-state index in [1.54, 1.807) is 18.7 Å². The highest BCUT2D eigenvalue weighted by Gasteiger charge is 2.55. The first-order chi connectivity index (χ1) is 17.1. The summed E-state index contributed by atoms with van der Waals surface area (Å²) in [6, 6.07) is 6.23. The summed E-state index contributed by atoms with van der Waals surface area (Å²) in [5.74, 6) is -2.05. The molecule has 2 aliphatic rings. The number of aromatic nitrogens is 2. The number of hydrogen-bond donors (Lipinski definition) is 1. The van der Waals surface area contributed by atoms with Crippen molar-refractivity contribution >= 4 is 34.7 Å². The van der Waals surface area contributed by atoms with E-state index in [9.17, 15) is 9.18 Å². The summed E-state index contributed by atoms with van der Waals surface area (Å²) in [6.45, 7) is 7.18. The molecule has 36 heavy (non-hydrogen) atoms. The topological polar surface area (TPSA) is 117 Å². The molecule has 4 heterocycles. The lowest BCUT2D eigenvalue weighted by Crippen LogP contribution is -2.58. The molecule has 0 radical (unpaired) electrons. The standard InChI is InChI=1S/C25H26F2N6O2S/c1-15-24(2,32-23(29)36-25(15,3)22(34)33-6-8-35-9-7-33)18-10-17(14-31-21(18)27)11-19(26)20-5-4-16(12-28)13-30-20/h4-5,10-11,13-15H,6-9H2,1-3H3,(H2,29,32)/b19-11-/t15?,24-,25-/m0/s1. The number of aliphatic imine (C=N–C) groups is 1. The first-order valence-corrected chi connectivity index (χ1v) is 12.2. The van der Waals surface area contributed by atoms with Crippen molar-refractivity contribution in [1.29, 1.82) is 5.26 Å². The van der Waals surface area contributed by atoms with Crippen LogP contribution in [-0.4, -0.2) is 57.0 Å². The number of amidine groups is 1. The van der Waals surface area contributed by atoms with Crippen molar-refractivity contribution in [2.75, 3.05) is 26.3 Å². The third-order valence-corrected chi connectivity index (χ3v) is 8.14. The third-order valence-electron chi connectivity index (χ3n) is 6.89. The van der Waals surface area contributed by atoms with E-state index in [-0.39, 0.29) is 27.9 Å². The van der Waals surface area contributed by atoms with E-state index in [1.807, 2.05) is 13.0 Å². The molecule has 11 heteroatoms. The number of halogens is 2. The van der Waals surface area contributed by atoms with E-state index in [1.165, 1.54) is 48.4 Å². The summed E-state index contributed by atoms with van der Waals surface area (Å²) < 4.78 is 34.4. The summed E-state index contributed by atoms with van der Waals surface area (Å²) in [7, 11) is 0. The van der Waals surface area contributed by atoms with Crippen molar-refractivity contribution in [2.45, 2.75) is 31.1 Å². The van der Waals surface area contributed by atoms with Crippen LogP contribution in [0.25, 0.3) is 11.9 Å². The van der Waals surface area contributed by atoms with Crippen LogP contribution in [-0.2, 0) is 15.1 Å². The lowest BCUT2D eigenvalue weighted by atomic mass is 9.73. The molecule has 2 aliphatic heterocycles. The fourth-order valence-electron chi connectivity index (χ4n) is 4.51. The Balaban J connectivity index is 1.71. The average molecular weight is 513 g/mol. The predicted octanol–water partition coefficient (Wildman–Crippen LogP) is 3.49. The number of amides is 1. The van der Waals surface area contributed by atoms with E-state index >= 15 is 4.39 Å². The molecule has 8 nitrogen and oxygen atoms in total. The minimum Gasteiger partial charge on any atom is -0.378 e. The first kappa shape index (κ1) is 25.7. The number of nitriles is 1. The van der Waals surface area contributed by atoms with Gasteiger partial charge in [-0.2, -0.15) is 9.65 Å². The number of nitrogens with zero attached hydrogens (tertiary/aromatic N) is 5. The van der Waals surface area contributed by atoms with Gasteiger partial charge in [-0.25, -0.2) is 9.37 Å². The number of carbonyl (C=O) groups excluding carboxylic acids is 1. The number of rotatable bonds is 4. The molecule has 0 aliphatic carbocycles. The molecule has 2 N–H and O–H groups in total. The van der Waals surface area contributed by atoms with E-state index < -0.39 is 28.0 Å². The maximum Gasteiger partial charge on any atom is 0.239 e. The Bertz CT molecular complexity index is 1270. The van der Waals surface area contributed by atoms with E-state index in [0.29, 0.717) is 31.9 Å². The number of hydrogen-bond acceptors (Lipinski definition) is 8. The average Bonchev–Trinajstić information content (AvgIpc) is 2.88. The number of pyridine rings is 2. The summed E-state index contributed by atoms with van der Waals surface area (Å²) in [4.78, 5) is 27.7. The molecule has 0 bridgehead atoms. The molecule has 1 amide bonds. The maximum atomic E-state index is 15.2. The largest absolute Gasteiger partial charge is 0.378 e. The van der Waals surface area contributed by atoms with Gasteiger partial charge in [-0.3, -0.25) is 14.8 Å². The fourth-order valence-corrected chi connectivity index (χ4v) is 5.81. The van der Waals surface area contributed by atoms with E-state index in [2.05, 4.69) is 15.0 Å². The first-order valence-electron chi connectivity index (χ1n) is 11.4. The number of morpholine rings is 1. The van der Waals surface area contributed by atoms with Crippen molar-refractivity contribution in [2.24, 2.45) is 16.6 Å². The Morgan fingerprint density at radius 3 is 2.67 bits per heavy atom. The SMILES string of the molecule is CC1[C@@](C)(C(=O)N2CCOCC2)SC(N)=N[C@]1(C)c1cc(/C=C(\F)c2ccc(C#N)cn2)cnc1F. The van der Waals surface area contributed by atoms with Gasteiger partial charge in [0.05, 0.1) is 30.0 Å². The predicted molar refractivity (Wildman–Crippen MR) is 134 cm³/mol. The fraction of sp³-hybridized carbons (Fsp3) is 0.400.